The molecule has 0 radical (unpaired) electrons. The minimum atomic E-state index is -0.373. The second-order valence-corrected chi connectivity index (χ2v) is 7.02. The van der Waals surface area contributed by atoms with Crippen molar-refractivity contribution < 1.29 is 9.53 Å². The first kappa shape index (κ1) is 20.2. The van der Waals surface area contributed by atoms with Gasteiger partial charge in [0, 0.05) is 15.6 Å². The van der Waals surface area contributed by atoms with Gasteiger partial charge in [-0.05, 0) is 54.1 Å². The normalized spacial score (nSPS) is 10.8. The average Bonchev–Trinajstić information content (AvgIpc) is 2.68. The van der Waals surface area contributed by atoms with E-state index in [0.29, 0.717) is 33.0 Å². The summed E-state index contributed by atoms with van der Waals surface area (Å²) in [5, 5.41) is 5.46. The fourth-order valence-electron chi connectivity index (χ4n) is 2.32. The molecule has 1 amide bonds. The SMILES string of the molecule is O=C(N/N=C\c1ccc(OCc2ccc(Cl)cc2Cl)cc1)c1ccccc1Cl. The van der Waals surface area contributed by atoms with E-state index in [0.717, 1.165) is 11.1 Å². The molecule has 3 aromatic carbocycles. The van der Waals surface area contributed by atoms with Gasteiger partial charge in [-0.15, -0.1) is 0 Å². The summed E-state index contributed by atoms with van der Waals surface area (Å²) in [6.07, 6.45) is 1.54. The maximum absolute atomic E-state index is 12.0. The lowest BCUT2D eigenvalue weighted by Gasteiger charge is -2.08. The van der Waals surface area contributed by atoms with Crippen LogP contribution in [0.4, 0.5) is 0 Å². The van der Waals surface area contributed by atoms with Gasteiger partial charge in [0.15, 0.2) is 0 Å². The Kier molecular flexibility index (Phi) is 6.93. The second kappa shape index (κ2) is 9.60. The Bertz CT molecular complexity index is 1000. The van der Waals surface area contributed by atoms with Crippen molar-refractivity contribution in [3.8, 4) is 5.75 Å². The number of nitrogens with one attached hydrogen (secondary N) is 1. The highest BCUT2D eigenvalue weighted by Gasteiger charge is 2.07. The lowest BCUT2D eigenvalue weighted by Crippen LogP contribution is -2.17. The number of benzene rings is 3. The summed E-state index contributed by atoms with van der Waals surface area (Å²) in [6, 6.07) is 19.3. The van der Waals surface area contributed by atoms with Gasteiger partial charge in [0.25, 0.3) is 5.91 Å². The molecular weight excluding hydrogens is 419 g/mol. The Hall–Kier alpha value is -2.53. The second-order valence-electron chi connectivity index (χ2n) is 5.77. The molecule has 0 aromatic heterocycles. The van der Waals surface area contributed by atoms with Crippen molar-refractivity contribution in [2.24, 2.45) is 5.10 Å². The van der Waals surface area contributed by atoms with E-state index < -0.39 is 0 Å². The molecule has 28 heavy (non-hydrogen) atoms. The van der Waals surface area contributed by atoms with Crippen LogP contribution in [-0.2, 0) is 6.61 Å². The van der Waals surface area contributed by atoms with E-state index >= 15 is 0 Å². The number of ether oxygens (including phenoxy) is 1. The number of amides is 1. The quantitative estimate of drug-likeness (QED) is 0.383. The molecule has 0 saturated carbocycles. The van der Waals surface area contributed by atoms with E-state index in [1.165, 1.54) is 6.21 Å². The molecular formula is C21H15Cl3N2O2. The fraction of sp³-hybridized carbons (Fsp3) is 0.0476. The topological polar surface area (TPSA) is 50.7 Å². The number of carbonyl (C=O) groups is 1. The van der Waals surface area contributed by atoms with Crippen LogP contribution in [0.25, 0.3) is 0 Å². The highest BCUT2D eigenvalue weighted by Crippen LogP contribution is 2.22. The summed E-state index contributed by atoms with van der Waals surface area (Å²) in [7, 11) is 0. The predicted octanol–water partition coefficient (Wildman–Crippen LogP) is 5.99. The predicted molar refractivity (Wildman–Crippen MR) is 114 cm³/mol. The number of hydrogen-bond donors (Lipinski definition) is 1. The van der Waals surface area contributed by atoms with Crippen LogP contribution in [0.5, 0.6) is 5.75 Å². The smallest absolute Gasteiger partial charge is 0.272 e. The molecule has 0 unspecified atom stereocenters. The molecule has 0 bridgehead atoms. The summed E-state index contributed by atoms with van der Waals surface area (Å²) in [6.45, 7) is 0.331. The Morgan fingerprint density at radius 1 is 0.964 bits per heavy atom. The molecule has 7 heteroatoms. The Morgan fingerprint density at radius 2 is 1.71 bits per heavy atom. The molecule has 0 atom stereocenters. The van der Waals surface area contributed by atoms with Gasteiger partial charge in [-0.3, -0.25) is 4.79 Å². The molecule has 0 saturated heterocycles. The van der Waals surface area contributed by atoms with Gasteiger partial charge in [0.1, 0.15) is 12.4 Å². The van der Waals surface area contributed by atoms with Gasteiger partial charge >= 0.3 is 0 Å². The summed E-state index contributed by atoms with van der Waals surface area (Å²) in [5.41, 5.74) is 4.46. The molecule has 4 nitrogen and oxygen atoms in total. The number of rotatable bonds is 6. The van der Waals surface area contributed by atoms with Crippen LogP contribution in [0.3, 0.4) is 0 Å². The monoisotopic (exact) mass is 432 g/mol. The molecule has 0 fully saturated rings. The molecule has 1 N–H and O–H groups in total. The van der Waals surface area contributed by atoms with Crippen LogP contribution >= 0.6 is 34.8 Å². The van der Waals surface area contributed by atoms with Gasteiger partial charge in [-0.1, -0.05) is 53.0 Å². The van der Waals surface area contributed by atoms with Crippen LogP contribution in [0.2, 0.25) is 15.1 Å². The number of hydrazone groups is 1. The van der Waals surface area contributed by atoms with Crippen molar-refractivity contribution in [2.45, 2.75) is 6.61 Å². The fourth-order valence-corrected chi connectivity index (χ4v) is 3.01. The third-order valence-corrected chi connectivity index (χ3v) is 4.70. The highest BCUT2D eigenvalue weighted by atomic mass is 35.5. The molecule has 0 aliphatic rings. The van der Waals surface area contributed by atoms with Crippen LogP contribution < -0.4 is 10.2 Å². The summed E-state index contributed by atoms with van der Waals surface area (Å²) in [4.78, 5) is 12.0. The molecule has 3 aromatic rings. The van der Waals surface area contributed by atoms with E-state index in [1.807, 2.05) is 18.2 Å². The van der Waals surface area contributed by atoms with Crippen molar-refractivity contribution in [3.63, 3.8) is 0 Å². The molecule has 0 aliphatic heterocycles. The van der Waals surface area contributed by atoms with Crippen LogP contribution in [-0.4, -0.2) is 12.1 Å². The number of carbonyl (C=O) groups excluding carboxylic acids is 1. The zero-order valence-electron chi connectivity index (χ0n) is 14.5. The van der Waals surface area contributed by atoms with Crippen molar-refractivity contribution in [1.29, 1.82) is 0 Å². The number of nitrogens with zero attached hydrogens (tertiary/aromatic N) is 1. The molecule has 142 valence electrons. The largest absolute Gasteiger partial charge is 0.489 e. The average molecular weight is 434 g/mol. The molecule has 3 rings (SSSR count). The lowest BCUT2D eigenvalue weighted by molar-refractivity contribution is 0.0955. The lowest BCUT2D eigenvalue weighted by atomic mass is 10.2. The first-order valence-electron chi connectivity index (χ1n) is 8.27. The number of hydrogen-bond acceptors (Lipinski definition) is 3. The third kappa shape index (κ3) is 5.49. The van der Waals surface area contributed by atoms with Crippen LogP contribution in [0.15, 0.2) is 71.8 Å². The van der Waals surface area contributed by atoms with Crippen LogP contribution in [0.1, 0.15) is 21.5 Å². The van der Waals surface area contributed by atoms with Crippen molar-refractivity contribution in [1.82, 2.24) is 5.43 Å². The zero-order valence-corrected chi connectivity index (χ0v) is 16.8. The maximum Gasteiger partial charge on any atom is 0.272 e. The van der Waals surface area contributed by atoms with Crippen molar-refractivity contribution >= 4 is 46.9 Å². The summed E-state index contributed by atoms with van der Waals surface area (Å²) < 4.78 is 5.73. The number of halogens is 3. The van der Waals surface area contributed by atoms with E-state index in [2.05, 4.69) is 10.5 Å². The minimum Gasteiger partial charge on any atom is -0.489 e. The maximum atomic E-state index is 12.0. The zero-order chi connectivity index (χ0) is 19.9. The molecule has 0 aliphatic carbocycles. The summed E-state index contributed by atoms with van der Waals surface area (Å²) >= 11 is 18.0. The van der Waals surface area contributed by atoms with Crippen molar-refractivity contribution in [3.05, 3.63) is 98.5 Å². The van der Waals surface area contributed by atoms with E-state index in [-0.39, 0.29) is 5.91 Å². The van der Waals surface area contributed by atoms with E-state index in [1.54, 1.807) is 48.5 Å². The van der Waals surface area contributed by atoms with Gasteiger partial charge in [0.2, 0.25) is 0 Å². The first-order valence-corrected chi connectivity index (χ1v) is 9.41. The highest BCUT2D eigenvalue weighted by molar-refractivity contribution is 6.35. The van der Waals surface area contributed by atoms with Gasteiger partial charge in [0.05, 0.1) is 16.8 Å². The van der Waals surface area contributed by atoms with E-state index in [9.17, 15) is 4.79 Å². The van der Waals surface area contributed by atoms with Crippen LogP contribution in [0, 0.1) is 0 Å². The van der Waals surface area contributed by atoms with E-state index in [4.69, 9.17) is 39.5 Å². The Morgan fingerprint density at radius 3 is 2.43 bits per heavy atom. The Labute approximate surface area is 177 Å². The third-order valence-electron chi connectivity index (χ3n) is 3.79. The van der Waals surface area contributed by atoms with Gasteiger partial charge in [-0.25, -0.2) is 5.43 Å². The molecule has 0 spiro atoms. The minimum absolute atomic E-state index is 0.331. The van der Waals surface area contributed by atoms with Gasteiger partial charge in [-0.2, -0.15) is 5.10 Å². The van der Waals surface area contributed by atoms with Gasteiger partial charge < -0.3 is 4.74 Å². The summed E-state index contributed by atoms with van der Waals surface area (Å²) in [5.74, 6) is 0.310. The van der Waals surface area contributed by atoms with Crippen molar-refractivity contribution in [2.75, 3.05) is 0 Å². The Balaban J connectivity index is 1.54. The standard InChI is InChI=1S/C21H15Cl3N2O2/c22-16-8-7-15(20(24)11-16)13-28-17-9-5-14(6-10-17)12-25-26-21(27)18-3-1-2-4-19(18)23/h1-12H,13H2,(H,26,27)/b25-12-. The first-order chi connectivity index (χ1) is 13.5. The molecule has 0 heterocycles.